The van der Waals surface area contributed by atoms with Crippen LogP contribution in [0, 0.1) is 0 Å². The monoisotopic (exact) mass is 400 g/mol. The van der Waals surface area contributed by atoms with Gasteiger partial charge in [0.15, 0.2) is 0 Å². The van der Waals surface area contributed by atoms with Gasteiger partial charge in [-0.05, 0) is 42.7 Å². The minimum atomic E-state index is -0.349. The Morgan fingerprint density at radius 3 is 2.85 bits per heavy atom. The first-order valence-electron chi connectivity index (χ1n) is 8.66. The van der Waals surface area contributed by atoms with E-state index in [1.54, 1.807) is 24.4 Å². The van der Waals surface area contributed by atoms with Gasteiger partial charge < -0.3 is 4.98 Å². The van der Waals surface area contributed by atoms with Crippen molar-refractivity contribution < 1.29 is 4.79 Å². The third kappa shape index (κ3) is 3.58. The summed E-state index contributed by atoms with van der Waals surface area (Å²) in [4.78, 5) is 16.0. The number of benzene rings is 2. The van der Waals surface area contributed by atoms with E-state index < -0.39 is 0 Å². The van der Waals surface area contributed by atoms with Crippen molar-refractivity contribution in [2.75, 3.05) is 0 Å². The van der Waals surface area contributed by atoms with Crippen LogP contribution in [0.25, 0.3) is 10.9 Å². The molecule has 0 spiro atoms. The van der Waals surface area contributed by atoms with Gasteiger partial charge in [-0.2, -0.15) is 5.10 Å². The van der Waals surface area contributed by atoms with Crippen LogP contribution in [-0.4, -0.2) is 23.1 Å². The summed E-state index contributed by atoms with van der Waals surface area (Å²) in [5.74, 6) is -0.172. The number of hydrogen-bond donors (Lipinski definition) is 3. The number of nitrogens with zero attached hydrogens (tertiary/aromatic N) is 1. The molecular formula is C20H18Cl2N4O. The number of aromatic amines is 1. The van der Waals surface area contributed by atoms with E-state index >= 15 is 0 Å². The molecule has 0 aliphatic carbocycles. The topological polar surface area (TPSA) is 69.3 Å². The van der Waals surface area contributed by atoms with Gasteiger partial charge in [0.05, 0.1) is 22.3 Å². The molecule has 0 bridgehead atoms. The first kappa shape index (κ1) is 18.0. The van der Waals surface area contributed by atoms with Crippen molar-refractivity contribution in [1.29, 1.82) is 0 Å². The second kappa shape index (κ2) is 7.35. The van der Waals surface area contributed by atoms with Gasteiger partial charge in [0, 0.05) is 22.6 Å². The van der Waals surface area contributed by atoms with E-state index in [0.29, 0.717) is 16.5 Å². The fourth-order valence-electron chi connectivity index (χ4n) is 3.47. The SMILES string of the molecule is C[C@@H]1N[C@H](C(=O)N/N=C/c2ccc(Cl)c(Cl)c2)Cc2c1[nH]c1ccccc21. The number of fused-ring (bicyclic) bond motifs is 3. The van der Waals surface area contributed by atoms with Crippen LogP contribution in [0.5, 0.6) is 0 Å². The average Bonchev–Trinajstić information content (AvgIpc) is 3.04. The number of aromatic nitrogens is 1. The number of rotatable bonds is 3. The molecule has 5 nitrogen and oxygen atoms in total. The minimum absolute atomic E-state index is 0.0518. The Balaban J connectivity index is 1.48. The highest BCUT2D eigenvalue weighted by Crippen LogP contribution is 2.31. The molecule has 0 saturated carbocycles. The molecule has 1 aliphatic heterocycles. The molecule has 2 aromatic carbocycles. The summed E-state index contributed by atoms with van der Waals surface area (Å²) < 4.78 is 0. The Bertz CT molecular complexity index is 1040. The number of nitrogens with one attached hydrogen (secondary N) is 3. The maximum Gasteiger partial charge on any atom is 0.257 e. The zero-order valence-corrected chi connectivity index (χ0v) is 16.1. The minimum Gasteiger partial charge on any atom is -0.357 e. The number of para-hydroxylation sites is 1. The lowest BCUT2D eigenvalue weighted by Crippen LogP contribution is -2.47. The number of H-pyrrole nitrogens is 1. The summed E-state index contributed by atoms with van der Waals surface area (Å²) in [6.07, 6.45) is 2.15. The molecule has 1 aliphatic rings. The smallest absolute Gasteiger partial charge is 0.257 e. The first-order valence-corrected chi connectivity index (χ1v) is 9.42. The van der Waals surface area contributed by atoms with Gasteiger partial charge >= 0.3 is 0 Å². The first-order chi connectivity index (χ1) is 13.0. The third-order valence-corrected chi connectivity index (χ3v) is 5.53. The number of hydrazone groups is 1. The zero-order valence-electron chi connectivity index (χ0n) is 14.6. The van der Waals surface area contributed by atoms with E-state index in [1.807, 2.05) is 19.1 Å². The van der Waals surface area contributed by atoms with Crippen LogP contribution in [-0.2, 0) is 11.2 Å². The normalized spacial score (nSPS) is 19.4. The Morgan fingerprint density at radius 2 is 2.04 bits per heavy atom. The summed E-state index contributed by atoms with van der Waals surface area (Å²) in [6.45, 7) is 2.05. The predicted molar refractivity (Wildman–Crippen MR) is 110 cm³/mol. The van der Waals surface area contributed by atoms with E-state index in [-0.39, 0.29) is 18.0 Å². The number of amides is 1. The summed E-state index contributed by atoms with van der Waals surface area (Å²) >= 11 is 11.9. The largest absolute Gasteiger partial charge is 0.357 e. The van der Waals surface area contributed by atoms with Crippen molar-refractivity contribution in [3.05, 3.63) is 69.3 Å². The summed E-state index contributed by atoms with van der Waals surface area (Å²) in [7, 11) is 0. The molecule has 1 aromatic heterocycles. The van der Waals surface area contributed by atoms with Gasteiger partial charge in [-0.3, -0.25) is 10.1 Å². The second-order valence-corrected chi connectivity index (χ2v) is 7.43. The molecular weight excluding hydrogens is 383 g/mol. The lowest BCUT2D eigenvalue weighted by Gasteiger charge is -2.27. The Morgan fingerprint density at radius 1 is 1.22 bits per heavy atom. The van der Waals surface area contributed by atoms with Crippen LogP contribution >= 0.6 is 23.2 Å². The molecule has 0 saturated heterocycles. The lowest BCUT2D eigenvalue weighted by molar-refractivity contribution is -0.123. The number of hydrogen-bond acceptors (Lipinski definition) is 3. The molecule has 2 heterocycles. The maximum absolute atomic E-state index is 12.6. The van der Waals surface area contributed by atoms with E-state index in [0.717, 1.165) is 22.2 Å². The molecule has 4 rings (SSSR count). The van der Waals surface area contributed by atoms with Gasteiger partial charge in [0.1, 0.15) is 0 Å². The van der Waals surface area contributed by atoms with Crippen molar-refractivity contribution in [3.8, 4) is 0 Å². The zero-order chi connectivity index (χ0) is 19.0. The molecule has 0 radical (unpaired) electrons. The molecule has 0 unspecified atom stereocenters. The fraction of sp³-hybridized carbons (Fsp3) is 0.200. The summed E-state index contributed by atoms with van der Waals surface area (Å²) in [6, 6.07) is 13.0. The van der Waals surface area contributed by atoms with E-state index in [2.05, 4.69) is 33.0 Å². The number of carbonyl (C=O) groups is 1. The van der Waals surface area contributed by atoms with Crippen molar-refractivity contribution in [3.63, 3.8) is 0 Å². The van der Waals surface area contributed by atoms with Crippen LogP contribution in [0.4, 0.5) is 0 Å². The van der Waals surface area contributed by atoms with E-state index in [9.17, 15) is 4.79 Å². The molecule has 0 fully saturated rings. The molecule has 7 heteroatoms. The standard InChI is InChI=1S/C20H18Cl2N4O/c1-11-19-14(13-4-2-3-5-17(13)25-19)9-18(24-11)20(27)26-23-10-12-6-7-15(21)16(22)8-12/h2-8,10-11,18,24-25H,9H2,1H3,(H,26,27)/b23-10+/t11-,18-/m0/s1. The van der Waals surface area contributed by atoms with Gasteiger partial charge in [-0.1, -0.05) is 47.5 Å². The molecule has 138 valence electrons. The quantitative estimate of drug-likeness (QED) is 0.455. The Kier molecular flexibility index (Phi) is 4.91. The van der Waals surface area contributed by atoms with Gasteiger partial charge in [0.25, 0.3) is 5.91 Å². The molecule has 1 amide bonds. The van der Waals surface area contributed by atoms with Crippen LogP contribution in [0.3, 0.4) is 0 Å². The van der Waals surface area contributed by atoms with Gasteiger partial charge in [-0.25, -0.2) is 5.43 Å². The van der Waals surface area contributed by atoms with Crippen LogP contribution in [0.15, 0.2) is 47.6 Å². The number of carbonyl (C=O) groups excluding carboxylic acids is 1. The molecule has 27 heavy (non-hydrogen) atoms. The predicted octanol–water partition coefficient (Wildman–Crippen LogP) is 4.20. The molecule has 3 N–H and O–H groups in total. The number of halogens is 2. The van der Waals surface area contributed by atoms with Crippen molar-refractivity contribution >= 4 is 46.2 Å². The Hall–Kier alpha value is -2.34. The van der Waals surface area contributed by atoms with Gasteiger partial charge in [0.2, 0.25) is 0 Å². The summed E-state index contributed by atoms with van der Waals surface area (Å²) in [5.41, 5.74) is 6.78. The fourth-order valence-corrected chi connectivity index (χ4v) is 3.77. The molecule has 2 atom stereocenters. The average molecular weight is 401 g/mol. The lowest BCUT2D eigenvalue weighted by atomic mass is 9.94. The van der Waals surface area contributed by atoms with Gasteiger partial charge in [-0.15, -0.1) is 0 Å². The highest BCUT2D eigenvalue weighted by atomic mass is 35.5. The molecule has 3 aromatic rings. The van der Waals surface area contributed by atoms with Crippen LogP contribution < -0.4 is 10.7 Å². The highest BCUT2D eigenvalue weighted by molar-refractivity contribution is 6.42. The summed E-state index contributed by atoms with van der Waals surface area (Å²) in [5, 5.41) is 9.48. The van der Waals surface area contributed by atoms with Crippen molar-refractivity contribution in [2.24, 2.45) is 5.10 Å². The maximum atomic E-state index is 12.6. The van der Waals surface area contributed by atoms with E-state index in [4.69, 9.17) is 23.2 Å². The van der Waals surface area contributed by atoms with Crippen LogP contribution in [0.2, 0.25) is 10.0 Å². The Labute approximate surface area is 166 Å². The third-order valence-electron chi connectivity index (χ3n) is 4.79. The van der Waals surface area contributed by atoms with Crippen molar-refractivity contribution in [2.45, 2.75) is 25.4 Å². The second-order valence-electron chi connectivity index (χ2n) is 6.62. The highest BCUT2D eigenvalue weighted by Gasteiger charge is 2.30. The van der Waals surface area contributed by atoms with E-state index in [1.165, 1.54) is 5.56 Å². The van der Waals surface area contributed by atoms with Crippen molar-refractivity contribution in [1.82, 2.24) is 15.7 Å². The van der Waals surface area contributed by atoms with Crippen LogP contribution in [0.1, 0.15) is 29.8 Å².